The molecule has 0 bridgehead atoms. The van der Waals surface area contributed by atoms with Crippen molar-refractivity contribution in [1.82, 2.24) is 0 Å². The van der Waals surface area contributed by atoms with Crippen molar-refractivity contribution in [2.24, 2.45) is 0 Å². The molecule has 0 aliphatic carbocycles. The van der Waals surface area contributed by atoms with Gasteiger partial charge >= 0.3 is 0 Å². The van der Waals surface area contributed by atoms with Crippen molar-refractivity contribution in [2.45, 2.75) is 13.8 Å². The number of benzene rings is 5. The SMILES string of the molecule is Cc1ccc(C(=C(B(c2c(F)c(F)c(F)c(F)c2F)c2c(F)c(F)c(F)c(F)c2F)c2c(F)c(F)c(F)c(F)c2F)c2ccc(C)cc2)cc1. The topological polar surface area (TPSA) is 0 Å². The highest BCUT2D eigenvalue weighted by Gasteiger charge is 2.45. The van der Waals surface area contributed by atoms with Crippen LogP contribution in [0.1, 0.15) is 27.8 Å². The van der Waals surface area contributed by atoms with Gasteiger partial charge < -0.3 is 0 Å². The minimum absolute atomic E-state index is 0.420. The molecule has 0 fully saturated rings. The molecule has 0 saturated heterocycles. The summed E-state index contributed by atoms with van der Waals surface area (Å²) < 4.78 is 226. The average molecular weight is 718 g/mol. The standard InChI is InChI=1S/C34H14BF15/c1-11-3-7-13(8-4-11)15(14-9-5-12(2)6-10-14)17(16-20(36)26(42)32(48)27(43)21(16)37)35(18-22(38)28(44)33(49)29(45)23(18)39)19-24(40)30(46)34(50)31(47)25(19)41/h3-10H,1-2H3. The third-order valence-corrected chi connectivity index (χ3v) is 7.78. The largest absolute Gasteiger partial charge is 0.259 e. The minimum atomic E-state index is -3.73. The Kier molecular flexibility index (Phi) is 9.61. The zero-order chi connectivity index (χ0) is 37.1. The lowest BCUT2D eigenvalue weighted by molar-refractivity contribution is 0.376. The fraction of sp³-hybridized carbons (Fsp3) is 0.0588. The molecule has 0 saturated carbocycles. The van der Waals surface area contributed by atoms with Crippen LogP contribution in [0.15, 0.2) is 48.5 Å². The summed E-state index contributed by atoms with van der Waals surface area (Å²) in [5, 5.41) is 0. The highest BCUT2D eigenvalue weighted by atomic mass is 19.2. The summed E-state index contributed by atoms with van der Waals surface area (Å²) in [4.78, 5) is 0. The molecule has 0 aromatic heterocycles. The molecule has 0 atom stereocenters. The second-order valence-corrected chi connectivity index (χ2v) is 10.9. The molecule has 0 amide bonds. The summed E-state index contributed by atoms with van der Waals surface area (Å²) in [7, 11) is 0. The van der Waals surface area contributed by atoms with Crippen molar-refractivity contribution in [3.05, 3.63) is 164 Å². The van der Waals surface area contributed by atoms with E-state index in [1.165, 1.54) is 38.1 Å². The summed E-state index contributed by atoms with van der Waals surface area (Å²) in [6, 6.07) is 9.26. The summed E-state index contributed by atoms with van der Waals surface area (Å²) >= 11 is 0. The van der Waals surface area contributed by atoms with E-state index in [4.69, 9.17) is 0 Å². The molecule has 258 valence electrons. The molecule has 0 N–H and O–H groups in total. The third-order valence-electron chi connectivity index (χ3n) is 7.78. The van der Waals surface area contributed by atoms with Crippen LogP contribution < -0.4 is 10.9 Å². The fourth-order valence-electron chi connectivity index (χ4n) is 5.36. The number of hydrogen-bond donors (Lipinski definition) is 0. The second-order valence-electron chi connectivity index (χ2n) is 10.9. The molecular formula is C34H14BF15. The van der Waals surface area contributed by atoms with E-state index in [2.05, 4.69) is 0 Å². The smallest absolute Gasteiger partial charge is 0.204 e. The molecule has 50 heavy (non-hydrogen) atoms. The monoisotopic (exact) mass is 718 g/mol. The molecular weight excluding hydrogens is 704 g/mol. The van der Waals surface area contributed by atoms with Crippen LogP contribution in [0.5, 0.6) is 0 Å². The highest BCUT2D eigenvalue weighted by molar-refractivity contribution is 7.01. The molecule has 5 aromatic carbocycles. The van der Waals surface area contributed by atoms with Gasteiger partial charge in [-0.25, -0.2) is 65.9 Å². The van der Waals surface area contributed by atoms with E-state index in [1.807, 2.05) is 0 Å². The molecule has 0 aliphatic heterocycles. The van der Waals surface area contributed by atoms with E-state index in [-0.39, 0.29) is 0 Å². The van der Waals surface area contributed by atoms with Crippen LogP contribution >= 0.6 is 0 Å². The maximum absolute atomic E-state index is 15.9. The second kappa shape index (κ2) is 13.3. The third kappa shape index (κ3) is 5.69. The van der Waals surface area contributed by atoms with Gasteiger partial charge in [-0.2, -0.15) is 0 Å². The van der Waals surface area contributed by atoms with Crippen LogP contribution in [0, 0.1) is 101 Å². The van der Waals surface area contributed by atoms with Crippen molar-refractivity contribution in [2.75, 3.05) is 0 Å². The number of hydrogen-bond acceptors (Lipinski definition) is 0. The van der Waals surface area contributed by atoms with E-state index < -0.39 is 133 Å². The van der Waals surface area contributed by atoms with Gasteiger partial charge in [0.2, 0.25) is 5.82 Å². The zero-order valence-corrected chi connectivity index (χ0v) is 24.9. The Balaban J connectivity index is 2.23. The molecule has 0 nitrogen and oxygen atoms in total. The Morgan fingerprint density at radius 1 is 0.340 bits per heavy atom. The molecule has 0 radical (unpaired) electrons. The van der Waals surface area contributed by atoms with Crippen LogP contribution in [0.4, 0.5) is 65.9 Å². The average Bonchev–Trinajstić information content (AvgIpc) is 3.10. The lowest BCUT2D eigenvalue weighted by atomic mass is 9.33. The maximum atomic E-state index is 15.9. The molecule has 0 spiro atoms. The quantitative estimate of drug-likeness (QED) is 0.0541. The van der Waals surface area contributed by atoms with Crippen molar-refractivity contribution in [3.63, 3.8) is 0 Å². The van der Waals surface area contributed by atoms with E-state index in [1.54, 1.807) is 0 Å². The number of aryl methyl sites for hydroxylation is 2. The lowest BCUT2D eigenvalue weighted by Crippen LogP contribution is -2.52. The Labute approximate surface area is 272 Å². The van der Waals surface area contributed by atoms with Gasteiger partial charge in [-0.3, -0.25) is 0 Å². The van der Waals surface area contributed by atoms with Gasteiger partial charge in [0.1, 0.15) is 0 Å². The Hall–Kier alpha value is -5.15. The van der Waals surface area contributed by atoms with Gasteiger partial charge in [-0.05, 0) is 36.0 Å². The first-order chi connectivity index (χ1) is 23.4. The predicted molar refractivity (Wildman–Crippen MR) is 152 cm³/mol. The van der Waals surface area contributed by atoms with Gasteiger partial charge in [0.25, 0.3) is 6.71 Å². The maximum Gasteiger partial charge on any atom is 0.259 e. The van der Waals surface area contributed by atoms with Crippen molar-refractivity contribution in [3.8, 4) is 0 Å². The van der Waals surface area contributed by atoms with Gasteiger partial charge in [0.15, 0.2) is 81.4 Å². The summed E-state index contributed by atoms with van der Waals surface area (Å²) in [6.45, 7) is -0.734. The van der Waals surface area contributed by atoms with Gasteiger partial charge in [-0.1, -0.05) is 59.7 Å². The Bertz CT molecular complexity index is 2020. The number of rotatable bonds is 6. The van der Waals surface area contributed by atoms with Gasteiger partial charge in [-0.15, -0.1) is 0 Å². The van der Waals surface area contributed by atoms with Crippen LogP contribution in [0.2, 0.25) is 0 Å². The van der Waals surface area contributed by atoms with E-state index in [0.29, 0.717) is 11.1 Å². The Morgan fingerprint density at radius 2 is 0.580 bits per heavy atom. The molecule has 0 aliphatic rings. The molecule has 0 heterocycles. The first kappa shape index (κ1) is 36.1. The van der Waals surface area contributed by atoms with Crippen molar-refractivity contribution < 1.29 is 65.9 Å². The highest BCUT2D eigenvalue weighted by Crippen LogP contribution is 2.40. The zero-order valence-electron chi connectivity index (χ0n) is 24.9. The summed E-state index contributed by atoms with van der Waals surface area (Å²) in [6.07, 6.45) is 0. The van der Waals surface area contributed by atoms with Crippen LogP contribution in [0.25, 0.3) is 11.0 Å². The lowest BCUT2D eigenvalue weighted by Gasteiger charge is -2.27. The van der Waals surface area contributed by atoms with E-state index in [9.17, 15) is 39.5 Å². The summed E-state index contributed by atoms with van der Waals surface area (Å²) in [5.41, 5.74) is -9.98. The predicted octanol–water partition coefficient (Wildman–Crippen LogP) is 9.20. The molecule has 5 aromatic rings. The van der Waals surface area contributed by atoms with Crippen molar-refractivity contribution in [1.29, 1.82) is 0 Å². The van der Waals surface area contributed by atoms with E-state index in [0.717, 1.165) is 24.3 Å². The normalized spacial score (nSPS) is 11.3. The Morgan fingerprint density at radius 3 is 0.860 bits per heavy atom. The minimum Gasteiger partial charge on any atom is -0.204 e. The first-order valence-electron chi connectivity index (χ1n) is 13.8. The van der Waals surface area contributed by atoms with Crippen molar-refractivity contribution >= 4 is 28.7 Å². The van der Waals surface area contributed by atoms with Gasteiger partial charge in [0.05, 0.1) is 0 Å². The molecule has 5 rings (SSSR count). The van der Waals surface area contributed by atoms with Crippen LogP contribution in [-0.2, 0) is 0 Å². The van der Waals surface area contributed by atoms with Crippen LogP contribution in [0.3, 0.4) is 0 Å². The number of halogens is 15. The fourth-order valence-corrected chi connectivity index (χ4v) is 5.36. The van der Waals surface area contributed by atoms with Crippen LogP contribution in [-0.4, -0.2) is 6.71 Å². The molecule has 16 heteroatoms. The van der Waals surface area contributed by atoms with E-state index >= 15 is 26.3 Å². The first-order valence-corrected chi connectivity index (χ1v) is 13.8. The summed E-state index contributed by atoms with van der Waals surface area (Å²) in [5.74, 6) is -43.4. The van der Waals surface area contributed by atoms with Gasteiger partial charge in [0, 0.05) is 16.5 Å². The molecule has 0 unspecified atom stereocenters.